The quantitative estimate of drug-likeness (QED) is 0.599. The fourth-order valence-electron chi connectivity index (χ4n) is 0.939. The Balaban J connectivity index is 2.87. The number of anilines is 1. The van der Waals surface area contributed by atoms with Gasteiger partial charge in [-0.3, -0.25) is 0 Å². The molecule has 78 valence electrons. The predicted octanol–water partition coefficient (Wildman–Crippen LogP) is 2.24. The number of halogens is 1. The van der Waals surface area contributed by atoms with Gasteiger partial charge in [0.15, 0.2) is 0 Å². The summed E-state index contributed by atoms with van der Waals surface area (Å²) < 4.78 is 13.2. The van der Waals surface area contributed by atoms with Gasteiger partial charge < -0.3 is 11.5 Å². The van der Waals surface area contributed by atoms with E-state index in [-0.39, 0.29) is 10.6 Å². The van der Waals surface area contributed by atoms with Gasteiger partial charge in [-0.05, 0) is 32.0 Å². The van der Waals surface area contributed by atoms with Gasteiger partial charge in [-0.2, -0.15) is 0 Å². The summed E-state index contributed by atoms with van der Waals surface area (Å²) in [6.45, 7) is 4.46. The summed E-state index contributed by atoms with van der Waals surface area (Å²) in [5.41, 5.74) is 11.5. The maximum Gasteiger partial charge on any atom is 0.138 e. The normalized spacial score (nSPS) is 11.7. The zero-order valence-corrected chi connectivity index (χ0v) is 9.20. The van der Waals surface area contributed by atoms with Crippen molar-refractivity contribution in [2.24, 2.45) is 5.73 Å². The fraction of sp³-hybridized carbons (Fsp3) is 0.400. The highest BCUT2D eigenvalue weighted by Crippen LogP contribution is 2.33. The topological polar surface area (TPSA) is 52.0 Å². The highest BCUT2D eigenvalue weighted by atomic mass is 32.2. The zero-order valence-electron chi connectivity index (χ0n) is 8.38. The predicted molar refractivity (Wildman–Crippen MR) is 59.8 cm³/mol. The first kappa shape index (κ1) is 11.3. The molecule has 2 nitrogen and oxygen atoms in total. The van der Waals surface area contributed by atoms with Gasteiger partial charge >= 0.3 is 0 Å². The first-order valence-electron chi connectivity index (χ1n) is 4.39. The molecule has 0 saturated heterocycles. The Kier molecular flexibility index (Phi) is 3.39. The molecule has 0 aliphatic carbocycles. The van der Waals surface area contributed by atoms with Gasteiger partial charge in [0.2, 0.25) is 0 Å². The third-order valence-electron chi connectivity index (χ3n) is 1.83. The molecule has 0 radical (unpaired) electrons. The average Bonchev–Trinajstić information content (AvgIpc) is 2.10. The molecule has 0 amide bonds. The molecule has 0 spiro atoms. The number of nitrogen functional groups attached to an aromatic ring is 1. The van der Waals surface area contributed by atoms with E-state index in [0.29, 0.717) is 17.1 Å². The lowest BCUT2D eigenvalue weighted by atomic mass is 10.2. The highest BCUT2D eigenvalue weighted by molar-refractivity contribution is 8.00. The molecule has 1 aromatic carbocycles. The van der Waals surface area contributed by atoms with E-state index in [2.05, 4.69) is 0 Å². The maximum atomic E-state index is 13.4. The zero-order chi connectivity index (χ0) is 10.8. The Bertz CT molecular complexity index is 326. The number of hydrogen-bond donors (Lipinski definition) is 2. The van der Waals surface area contributed by atoms with E-state index in [9.17, 15) is 4.39 Å². The Morgan fingerprint density at radius 2 is 2.07 bits per heavy atom. The molecule has 0 aromatic heterocycles. The molecular weight excluding hydrogens is 199 g/mol. The van der Waals surface area contributed by atoms with Crippen LogP contribution < -0.4 is 11.5 Å². The summed E-state index contributed by atoms with van der Waals surface area (Å²) in [6, 6.07) is 4.71. The smallest absolute Gasteiger partial charge is 0.138 e. The monoisotopic (exact) mass is 214 g/mol. The summed E-state index contributed by atoms with van der Waals surface area (Å²) in [6.07, 6.45) is 0. The fourth-order valence-corrected chi connectivity index (χ4v) is 1.91. The number of hydrogen-bond acceptors (Lipinski definition) is 3. The van der Waals surface area contributed by atoms with Gasteiger partial charge in [0, 0.05) is 21.9 Å². The van der Waals surface area contributed by atoms with Gasteiger partial charge in [-0.15, -0.1) is 11.8 Å². The van der Waals surface area contributed by atoms with Crippen LogP contribution in [0.2, 0.25) is 0 Å². The van der Waals surface area contributed by atoms with Crippen molar-refractivity contribution in [1.29, 1.82) is 0 Å². The molecule has 1 aromatic rings. The van der Waals surface area contributed by atoms with E-state index in [4.69, 9.17) is 11.5 Å². The minimum atomic E-state index is -0.281. The van der Waals surface area contributed by atoms with E-state index >= 15 is 0 Å². The van der Waals surface area contributed by atoms with E-state index in [0.717, 1.165) is 0 Å². The lowest BCUT2D eigenvalue weighted by Crippen LogP contribution is -2.26. The molecule has 0 bridgehead atoms. The standard InChI is InChI=1S/C10H15FN2S/c1-10(2,6-12)14-9-4-3-7(13)5-8(9)11/h3-5H,6,12-13H2,1-2H3. The minimum absolute atomic E-state index is 0.156. The van der Waals surface area contributed by atoms with Crippen molar-refractivity contribution in [3.63, 3.8) is 0 Å². The molecular formula is C10H15FN2S. The van der Waals surface area contributed by atoms with Crippen LogP contribution in [0.3, 0.4) is 0 Å². The summed E-state index contributed by atoms with van der Waals surface area (Å²) in [4.78, 5) is 0.592. The summed E-state index contributed by atoms with van der Waals surface area (Å²) >= 11 is 1.43. The third kappa shape index (κ3) is 2.89. The van der Waals surface area contributed by atoms with E-state index in [1.807, 2.05) is 13.8 Å². The van der Waals surface area contributed by atoms with E-state index in [1.54, 1.807) is 12.1 Å². The third-order valence-corrected chi connectivity index (χ3v) is 3.10. The van der Waals surface area contributed by atoms with Crippen LogP contribution in [0, 0.1) is 5.82 Å². The number of nitrogens with two attached hydrogens (primary N) is 2. The maximum absolute atomic E-state index is 13.4. The van der Waals surface area contributed by atoms with Crippen molar-refractivity contribution in [2.75, 3.05) is 12.3 Å². The Labute approximate surface area is 87.9 Å². The van der Waals surface area contributed by atoms with Gasteiger partial charge in [0.25, 0.3) is 0 Å². The van der Waals surface area contributed by atoms with E-state index < -0.39 is 0 Å². The Hall–Kier alpha value is -0.740. The van der Waals surface area contributed by atoms with Gasteiger partial charge in [0.05, 0.1) is 0 Å². The van der Waals surface area contributed by atoms with Crippen LogP contribution in [0.25, 0.3) is 0 Å². The Morgan fingerprint density at radius 1 is 1.43 bits per heavy atom. The molecule has 0 heterocycles. The first-order valence-corrected chi connectivity index (χ1v) is 5.20. The average molecular weight is 214 g/mol. The Morgan fingerprint density at radius 3 is 2.57 bits per heavy atom. The largest absolute Gasteiger partial charge is 0.399 e. The molecule has 0 saturated carbocycles. The number of thioether (sulfide) groups is 1. The van der Waals surface area contributed by atoms with Crippen molar-refractivity contribution in [1.82, 2.24) is 0 Å². The van der Waals surface area contributed by atoms with Crippen molar-refractivity contribution < 1.29 is 4.39 Å². The van der Waals surface area contributed by atoms with Crippen LogP contribution in [-0.2, 0) is 0 Å². The van der Waals surface area contributed by atoms with Crippen LogP contribution >= 0.6 is 11.8 Å². The molecule has 0 unspecified atom stereocenters. The first-order chi connectivity index (χ1) is 6.44. The molecule has 0 fully saturated rings. The highest BCUT2D eigenvalue weighted by Gasteiger charge is 2.19. The molecule has 1 rings (SSSR count). The van der Waals surface area contributed by atoms with Crippen LogP contribution in [0.4, 0.5) is 10.1 Å². The van der Waals surface area contributed by atoms with E-state index in [1.165, 1.54) is 17.8 Å². The van der Waals surface area contributed by atoms with Crippen LogP contribution in [0.15, 0.2) is 23.1 Å². The SMILES string of the molecule is CC(C)(CN)Sc1ccc(N)cc1F. The molecule has 0 aliphatic heterocycles. The van der Waals surface area contributed by atoms with Gasteiger partial charge in [-0.1, -0.05) is 0 Å². The second-order valence-corrected chi connectivity index (χ2v) is 5.50. The van der Waals surface area contributed by atoms with Crippen molar-refractivity contribution in [3.05, 3.63) is 24.0 Å². The lowest BCUT2D eigenvalue weighted by molar-refractivity contribution is 0.600. The van der Waals surface area contributed by atoms with Crippen molar-refractivity contribution in [3.8, 4) is 0 Å². The molecule has 4 N–H and O–H groups in total. The summed E-state index contributed by atoms with van der Waals surface area (Å²) in [5, 5.41) is 0. The summed E-state index contributed by atoms with van der Waals surface area (Å²) in [5.74, 6) is -0.281. The molecule has 4 heteroatoms. The van der Waals surface area contributed by atoms with Crippen molar-refractivity contribution >= 4 is 17.4 Å². The second-order valence-electron chi connectivity index (χ2n) is 3.76. The van der Waals surface area contributed by atoms with Gasteiger partial charge in [-0.25, -0.2) is 4.39 Å². The molecule has 0 aliphatic rings. The van der Waals surface area contributed by atoms with Crippen molar-refractivity contribution in [2.45, 2.75) is 23.5 Å². The lowest BCUT2D eigenvalue weighted by Gasteiger charge is -2.21. The van der Waals surface area contributed by atoms with Gasteiger partial charge in [0.1, 0.15) is 5.82 Å². The second kappa shape index (κ2) is 4.19. The number of rotatable bonds is 3. The summed E-state index contributed by atoms with van der Waals surface area (Å²) in [7, 11) is 0. The van der Waals surface area contributed by atoms with Crippen LogP contribution in [-0.4, -0.2) is 11.3 Å². The number of benzene rings is 1. The molecule has 0 atom stereocenters. The van der Waals surface area contributed by atoms with Crippen LogP contribution in [0.5, 0.6) is 0 Å². The van der Waals surface area contributed by atoms with Crippen LogP contribution in [0.1, 0.15) is 13.8 Å². The minimum Gasteiger partial charge on any atom is -0.399 e. The molecule has 14 heavy (non-hydrogen) atoms.